The molecule has 12 unspecified atom stereocenters. The summed E-state index contributed by atoms with van der Waals surface area (Å²) in [6.45, 7) is 0.393. The maximum absolute atomic E-state index is 13.1. The van der Waals surface area contributed by atoms with Crippen LogP contribution < -0.4 is 4.74 Å². The van der Waals surface area contributed by atoms with Crippen molar-refractivity contribution in [3.63, 3.8) is 0 Å². The summed E-state index contributed by atoms with van der Waals surface area (Å²) in [6, 6.07) is 6.39. The Bertz CT molecular complexity index is 1280. The molecule has 0 aromatic heterocycles. The van der Waals surface area contributed by atoms with Gasteiger partial charge in [0.25, 0.3) is 0 Å². The molecule has 0 bridgehead atoms. The fourth-order valence-corrected chi connectivity index (χ4v) is 5.49. The van der Waals surface area contributed by atoms with E-state index in [-0.39, 0.29) is 29.9 Å². The van der Waals surface area contributed by atoms with Crippen molar-refractivity contribution in [1.29, 1.82) is 0 Å². The molecule has 0 amide bonds. The Labute approximate surface area is 275 Å². The summed E-state index contributed by atoms with van der Waals surface area (Å²) in [4.78, 5) is 25.7. The fourth-order valence-electron chi connectivity index (χ4n) is 5.49. The van der Waals surface area contributed by atoms with Crippen LogP contribution in [0.5, 0.6) is 5.75 Å². The van der Waals surface area contributed by atoms with Crippen molar-refractivity contribution in [2.24, 2.45) is 5.92 Å². The molecule has 12 atom stereocenters. The van der Waals surface area contributed by atoms with Crippen molar-refractivity contribution < 1.29 is 83.6 Å². The molecule has 3 aliphatic heterocycles. The standard InChI is InChI=1S/C31H42O17/c1-3-16-17(18(28(41)42-2)13-44-29(16)48-31-27(40)25(38)23(36)20(12-33)47-31)10-21(34)45-15-6-4-14(5-7-15)8-9-43-30-26(39)24(37)22(35)19(11-32)46-30/h3-7,13,17,19-20,22-27,29-33,35-40H,8-12H2,1-2H3/b16-3-. The molecule has 0 aliphatic carbocycles. The van der Waals surface area contributed by atoms with Gasteiger partial charge in [-0.1, -0.05) is 18.2 Å². The third-order valence-corrected chi connectivity index (χ3v) is 8.28. The van der Waals surface area contributed by atoms with Crippen LogP contribution in [0.3, 0.4) is 0 Å². The second-order valence-electron chi connectivity index (χ2n) is 11.3. The van der Waals surface area contributed by atoms with Crippen molar-refractivity contribution in [1.82, 2.24) is 0 Å². The zero-order valence-corrected chi connectivity index (χ0v) is 26.2. The van der Waals surface area contributed by atoms with Crippen LogP contribution in [-0.4, -0.2) is 147 Å². The maximum atomic E-state index is 13.1. The number of ether oxygens (including phenoxy) is 7. The number of methoxy groups -OCH3 is 1. The molecule has 0 saturated carbocycles. The van der Waals surface area contributed by atoms with Crippen LogP contribution >= 0.6 is 0 Å². The Hall–Kier alpha value is -3.04. The van der Waals surface area contributed by atoms with Gasteiger partial charge < -0.3 is 74.0 Å². The van der Waals surface area contributed by atoms with E-state index < -0.39 is 98.8 Å². The van der Waals surface area contributed by atoms with Crippen LogP contribution in [-0.2, 0) is 44.4 Å². The molecule has 8 N–H and O–H groups in total. The molecule has 3 heterocycles. The molecule has 1 aromatic rings. The van der Waals surface area contributed by atoms with E-state index in [1.165, 1.54) is 18.2 Å². The summed E-state index contributed by atoms with van der Waals surface area (Å²) in [5, 5.41) is 79.3. The molecule has 1 aromatic carbocycles. The highest BCUT2D eigenvalue weighted by atomic mass is 16.8. The Morgan fingerprint density at radius 1 is 0.833 bits per heavy atom. The molecule has 17 nitrogen and oxygen atoms in total. The van der Waals surface area contributed by atoms with E-state index in [9.17, 15) is 50.4 Å². The van der Waals surface area contributed by atoms with Gasteiger partial charge in [-0.05, 0) is 31.0 Å². The predicted molar refractivity (Wildman–Crippen MR) is 157 cm³/mol. The lowest BCUT2D eigenvalue weighted by atomic mass is 9.86. The first kappa shape index (κ1) is 37.8. The average molecular weight is 687 g/mol. The van der Waals surface area contributed by atoms with Crippen molar-refractivity contribution >= 4 is 11.9 Å². The highest BCUT2D eigenvalue weighted by Crippen LogP contribution is 2.36. The third kappa shape index (κ3) is 8.57. The highest BCUT2D eigenvalue weighted by Gasteiger charge is 2.47. The number of esters is 2. The molecule has 2 fully saturated rings. The Kier molecular flexibility index (Phi) is 13.4. The first-order valence-electron chi connectivity index (χ1n) is 15.2. The summed E-state index contributed by atoms with van der Waals surface area (Å²) in [7, 11) is 1.15. The Morgan fingerprint density at radius 3 is 1.98 bits per heavy atom. The lowest BCUT2D eigenvalue weighted by Gasteiger charge is -2.41. The Morgan fingerprint density at radius 2 is 1.42 bits per heavy atom. The molecule has 3 aliphatic rings. The van der Waals surface area contributed by atoms with Crippen molar-refractivity contribution in [2.45, 2.75) is 87.5 Å². The van der Waals surface area contributed by atoms with Crippen molar-refractivity contribution in [3.05, 3.63) is 53.3 Å². The first-order chi connectivity index (χ1) is 22.9. The first-order valence-corrected chi connectivity index (χ1v) is 15.2. The zero-order chi connectivity index (χ0) is 35.1. The van der Waals surface area contributed by atoms with Gasteiger partial charge in [-0.15, -0.1) is 0 Å². The summed E-state index contributed by atoms with van der Waals surface area (Å²) >= 11 is 0. The zero-order valence-electron chi connectivity index (χ0n) is 26.2. The summed E-state index contributed by atoms with van der Waals surface area (Å²) < 4.78 is 37.9. The van der Waals surface area contributed by atoms with E-state index in [0.29, 0.717) is 6.42 Å². The minimum absolute atomic E-state index is 0.0223. The maximum Gasteiger partial charge on any atom is 0.337 e. The monoisotopic (exact) mass is 686 g/mol. The number of rotatable bonds is 12. The highest BCUT2D eigenvalue weighted by molar-refractivity contribution is 5.91. The van der Waals surface area contributed by atoms with Crippen LogP contribution in [0, 0.1) is 5.92 Å². The van der Waals surface area contributed by atoms with Gasteiger partial charge in [0.05, 0.1) is 45.2 Å². The summed E-state index contributed by atoms with van der Waals surface area (Å²) in [6.07, 6.45) is -13.5. The van der Waals surface area contributed by atoms with Crippen LogP contribution in [0.2, 0.25) is 0 Å². The molecular weight excluding hydrogens is 644 g/mol. The SMILES string of the molecule is C/C=C1\C(OC2OC(CO)C(O)C(O)C2O)OC=C(C(=O)OC)C1CC(=O)Oc1ccc(CCOC2OC(CO)C(O)C(O)C2O)cc1. The van der Waals surface area contributed by atoms with Crippen molar-refractivity contribution in [3.8, 4) is 5.75 Å². The number of allylic oxidation sites excluding steroid dienone is 1. The topological polar surface area (TPSA) is 261 Å². The molecule has 2 saturated heterocycles. The number of hydrogen-bond acceptors (Lipinski definition) is 17. The number of benzene rings is 1. The van der Waals surface area contributed by atoms with E-state index >= 15 is 0 Å². The second-order valence-corrected chi connectivity index (χ2v) is 11.3. The van der Waals surface area contributed by atoms with Gasteiger partial charge in [0.1, 0.15) is 54.6 Å². The van der Waals surface area contributed by atoms with E-state index in [1.54, 1.807) is 19.1 Å². The molecule has 268 valence electrons. The van der Waals surface area contributed by atoms with Gasteiger partial charge in [-0.2, -0.15) is 0 Å². The summed E-state index contributed by atoms with van der Waals surface area (Å²) in [5.74, 6) is -2.29. The Balaban J connectivity index is 1.36. The number of carbonyl (C=O) groups excluding carboxylic acids is 2. The lowest BCUT2D eigenvalue weighted by Crippen LogP contribution is -2.60. The normalized spacial score (nSPS) is 36.2. The van der Waals surface area contributed by atoms with Gasteiger partial charge in [-0.3, -0.25) is 4.79 Å². The fraction of sp³-hybridized carbons (Fsp3) is 0.613. The quantitative estimate of drug-likeness (QED) is 0.0624. The molecule has 48 heavy (non-hydrogen) atoms. The van der Waals surface area contributed by atoms with Crippen molar-refractivity contribution in [2.75, 3.05) is 26.9 Å². The average Bonchev–Trinajstić information content (AvgIpc) is 3.08. The lowest BCUT2D eigenvalue weighted by molar-refractivity contribution is -0.327. The number of hydrogen-bond donors (Lipinski definition) is 8. The smallest absolute Gasteiger partial charge is 0.337 e. The third-order valence-electron chi connectivity index (χ3n) is 8.28. The van der Waals surface area contributed by atoms with Gasteiger partial charge in [0, 0.05) is 11.5 Å². The minimum atomic E-state index is -1.72. The van der Waals surface area contributed by atoms with E-state index in [1.807, 2.05) is 0 Å². The summed E-state index contributed by atoms with van der Waals surface area (Å²) in [5.41, 5.74) is 0.997. The van der Waals surface area contributed by atoms with Crippen LogP contribution in [0.4, 0.5) is 0 Å². The second kappa shape index (κ2) is 17.1. The molecule has 0 spiro atoms. The van der Waals surface area contributed by atoms with Gasteiger partial charge in [0.2, 0.25) is 6.29 Å². The molecule has 0 radical (unpaired) electrons. The van der Waals surface area contributed by atoms with Gasteiger partial charge >= 0.3 is 11.9 Å². The molecular formula is C31H42O17. The van der Waals surface area contributed by atoms with E-state index in [2.05, 4.69) is 0 Å². The van der Waals surface area contributed by atoms with Crippen LogP contribution in [0.1, 0.15) is 18.9 Å². The number of carbonyl (C=O) groups is 2. The largest absolute Gasteiger partial charge is 0.468 e. The predicted octanol–water partition coefficient (Wildman–Crippen LogP) is -2.87. The minimum Gasteiger partial charge on any atom is -0.468 e. The number of aliphatic hydroxyl groups excluding tert-OH is 8. The van der Waals surface area contributed by atoms with Crippen LogP contribution in [0.25, 0.3) is 0 Å². The molecule has 17 heteroatoms. The number of aliphatic hydroxyl groups is 8. The van der Waals surface area contributed by atoms with Gasteiger partial charge in [-0.25, -0.2) is 4.79 Å². The van der Waals surface area contributed by atoms with E-state index in [0.717, 1.165) is 18.9 Å². The van der Waals surface area contributed by atoms with Gasteiger partial charge in [0.15, 0.2) is 12.6 Å². The van der Waals surface area contributed by atoms with Crippen LogP contribution in [0.15, 0.2) is 47.7 Å². The van der Waals surface area contributed by atoms with E-state index in [4.69, 9.17) is 33.2 Å². The molecule has 4 rings (SSSR count).